The van der Waals surface area contributed by atoms with Gasteiger partial charge in [0.15, 0.2) is 5.13 Å². The van der Waals surface area contributed by atoms with Crippen LogP contribution in [-0.4, -0.2) is 24.4 Å². The Bertz CT molecular complexity index is 1150. The molecule has 0 radical (unpaired) electrons. The molecular weight excluding hydrogens is 428 g/mol. The van der Waals surface area contributed by atoms with Crippen LogP contribution in [0.15, 0.2) is 63.8 Å². The molecule has 0 saturated carbocycles. The van der Waals surface area contributed by atoms with E-state index in [0.29, 0.717) is 10.7 Å². The minimum atomic E-state index is -3.92. The third-order valence-corrected chi connectivity index (χ3v) is 6.79. The van der Waals surface area contributed by atoms with Crippen LogP contribution in [0.1, 0.15) is 0 Å². The van der Waals surface area contributed by atoms with Crippen molar-refractivity contribution < 1.29 is 18.1 Å². The van der Waals surface area contributed by atoms with Crippen molar-refractivity contribution in [2.45, 2.75) is 9.10 Å². The molecule has 3 aromatic rings. The largest absolute Gasteiger partial charge is 0.325 e. The molecule has 1 aromatic heterocycles. The topological polar surface area (TPSA) is 131 Å². The van der Waals surface area contributed by atoms with Gasteiger partial charge in [-0.3, -0.25) is 15.4 Å². The van der Waals surface area contributed by atoms with Gasteiger partial charge in [0.25, 0.3) is 5.69 Å². The molecule has 12 heteroatoms. The van der Waals surface area contributed by atoms with E-state index in [0.717, 1.165) is 41.8 Å². The zero-order valence-electron chi connectivity index (χ0n) is 13.8. The minimum Gasteiger partial charge on any atom is -0.308 e. The molecular formula is C16H11ClN4O5S2. The van der Waals surface area contributed by atoms with Gasteiger partial charge >= 0.3 is 6.03 Å². The molecule has 0 aliphatic rings. The van der Waals surface area contributed by atoms with Crippen molar-refractivity contribution in [3.05, 3.63) is 69.9 Å². The summed E-state index contributed by atoms with van der Waals surface area (Å²) in [6, 6.07) is 10.4. The highest BCUT2D eigenvalue weighted by atomic mass is 35.5. The third-order valence-electron chi connectivity index (χ3n) is 3.41. The van der Waals surface area contributed by atoms with E-state index in [9.17, 15) is 23.3 Å². The molecule has 0 spiro atoms. The van der Waals surface area contributed by atoms with Gasteiger partial charge in [0.2, 0.25) is 9.84 Å². The highest BCUT2D eigenvalue weighted by Gasteiger charge is 2.22. The Balaban J connectivity index is 1.73. The number of hydrogen-bond donors (Lipinski definition) is 2. The fraction of sp³-hybridized carbons (Fsp3) is 0. The fourth-order valence-electron chi connectivity index (χ4n) is 2.13. The summed E-state index contributed by atoms with van der Waals surface area (Å²) in [5.74, 6) is 0. The number of urea groups is 1. The SMILES string of the molecule is O=C(Nc1cccc(Cl)c1)Nc1ncc(S(=O)(=O)c2ccc([N+](=O)[O-])cc2)s1. The average Bonchev–Trinajstić information content (AvgIpc) is 3.11. The third kappa shape index (κ3) is 4.44. The first-order chi connectivity index (χ1) is 13.3. The van der Waals surface area contributed by atoms with Gasteiger partial charge in [-0.1, -0.05) is 29.0 Å². The number of rotatable bonds is 5. The maximum Gasteiger partial charge on any atom is 0.325 e. The molecule has 0 unspecified atom stereocenters. The lowest BCUT2D eigenvalue weighted by molar-refractivity contribution is -0.384. The molecule has 28 heavy (non-hydrogen) atoms. The number of carbonyl (C=O) groups excluding carboxylic acids is 1. The molecule has 9 nitrogen and oxygen atoms in total. The van der Waals surface area contributed by atoms with E-state index in [-0.39, 0.29) is 19.9 Å². The van der Waals surface area contributed by atoms with Gasteiger partial charge in [-0.25, -0.2) is 18.2 Å². The normalized spacial score (nSPS) is 11.0. The maximum atomic E-state index is 12.6. The molecule has 0 aliphatic carbocycles. The van der Waals surface area contributed by atoms with Crippen molar-refractivity contribution in [3.63, 3.8) is 0 Å². The molecule has 144 valence electrons. The molecule has 2 aromatic carbocycles. The highest BCUT2D eigenvalue weighted by molar-refractivity contribution is 7.93. The van der Waals surface area contributed by atoms with Crippen LogP contribution in [0.5, 0.6) is 0 Å². The smallest absolute Gasteiger partial charge is 0.308 e. The second kappa shape index (κ2) is 7.92. The first-order valence-electron chi connectivity index (χ1n) is 7.54. The number of carbonyl (C=O) groups is 1. The number of nitrogens with zero attached hydrogens (tertiary/aromatic N) is 2. The summed E-state index contributed by atoms with van der Waals surface area (Å²) < 4.78 is 25.1. The molecule has 2 amide bonds. The summed E-state index contributed by atoms with van der Waals surface area (Å²) in [7, 11) is -3.92. The Labute approximate surface area is 168 Å². The first-order valence-corrected chi connectivity index (χ1v) is 10.2. The monoisotopic (exact) mass is 438 g/mol. The number of benzene rings is 2. The van der Waals surface area contributed by atoms with E-state index in [1.807, 2.05) is 0 Å². The van der Waals surface area contributed by atoms with Gasteiger partial charge in [-0.15, -0.1) is 0 Å². The van der Waals surface area contributed by atoms with Crippen LogP contribution in [0.2, 0.25) is 5.02 Å². The fourth-order valence-corrected chi connectivity index (χ4v) is 4.75. The van der Waals surface area contributed by atoms with Gasteiger partial charge in [-0.2, -0.15) is 0 Å². The number of anilines is 2. The number of amides is 2. The Morgan fingerprint density at radius 1 is 1.14 bits per heavy atom. The van der Waals surface area contributed by atoms with Crippen molar-refractivity contribution in [2.24, 2.45) is 0 Å². The van der Waals surface area contributed by atoms with Crippen molar-refractivity contribution in [1.29, 1.82) is 0 Å². The Hall–Kier alpha value is -3.02. The number of nitro benzene ring substituents is 1. The summed E-state index contributed by atoms with van der Waals surface area (Å²) in [5, 5.41) is 16.2. The summed E-state index contributed by atoms with van der Waals surface area (Å²) in [5.41, 5.74) is 0.239. The zero-order chi connectivity index (χ0) is 20.3. The van der Waals surface area contributed by atoms with E-state index in [4.69, 9.17) is 11.6 Å². The quantitative estimate of drug-likeness (QED) is 0.453. The summed E-state index contributed by atoms with van der Waals surface area (Å²) >= 11 is 6.60. The van der Waals surface area contributed by atoms with Crippen molar-refractivity contribution in [3.8, 4) is 0 Å². The van der Waals surface area contributed by atoms with E-state index in [1.165, 1.54) is 0 Å². The molecule has 1 heterocycles. The highest BCUT2D eigenvalue weighted by Crippen LogP contribution is 2.29. The van der Waals surface area contributed by atoms with Crippen LogP contribution in [0.25, 0.3) is 0 Å². The van der Waals surface area contributed by atoms with Crippen LogP contribution < -0.4 is 10.6 Å². The van der Waals surface area contributed by atoms with Crippen LogP contribution in [0.4, 0.5) is 21.3 Å². The van der Waals surface area contributed by atoms with Gasteiger partial charge in [0.1, 0.15) is 4.21 Å². The molecule has 0 bridgehead atoms. The van der Waals surface area contributed by atoms with Crippen molar-refractivity contribution in [2.75, 3.05) is 10.6 Å². The molecule has 0 saturated heterocycles. The second-order valence-corrected chi connectivity index (χ2v) is 8.97. The number of non-ortho nitro benzene ring substituents is 1. The first kappa shape index (κ1) is 19.7. The number of aromatic nitrogens is 1. The lowest BCUT2D eigenvalue weighted by Crippen LogP contribution is -2.19. The average molecular weight is 439 g/mol. The predicted octanol–water partition coefficient (Wildman–Crippen LogP) is 4.18. The standard InChI is InChI=1S/C16H11ClN4O5S2/c17-10-2-1-3-11(8-10)19-15(22)20-16-18-9-14(27-16)28(25,26)13-6-4-12(5-7-13)21(23)24/h1-9H,(H2,18,19,20,22). The van der Waals surface area contributed by atoms with Crippen LogP contribution in [0, 0.1) is 10.1 Å². The number of halogens is 1. The van der Waals surface area contributed by atoms with E-state index in [1.54, 1.807) is 24.3 Å². The van der Waals surface area contributed by atoms with Crippen molar-refractivity contribution in [1.82, 2.24) is 4.98 Å². The zero-order valence-corrected chi connectivity index (χ0v) is 16.2. The lowest BCUT2D eigenvalue weighted by atomic mass is 10.3. The Kier molecular flexibility index (Phi) is 5.58. The lowest BCUT2D eigenvalue weighted by Gasteiger charge is -2.05. The van der Waals surface area contributed by atoms with E-state index >= 15 is 0 Å². The summed E-state index contributed by atoms with van der Waals surface area (Å²) in [6.45, 7) is 0. The Morgan fingerprint density at radius 3 is 2.50 bits per heavy atom. The van der Waals surface area contributed by atoms with Gasteiger partial charge in [-0.05, 0) is 30.3 Å². The number of sulfone groups is 1. The van der Waals surface area contributed by atoms with Crippen molar-refractivity contribution >= 4 is 55.3 Å². The number of hydrogen-bond acceptors (Lipinski definition) is 7. The van der Waals surface area contributed by atoms with Crippen LogP contribution >= 0.6 is 22.9 Å². The minimum absolute atomic E-state index is 0.0695. The molecule has 0 fully saturated rings. The van der Waals surface area contributed by atoms with Gasteiger partial charge in [0.05, 0.1) is 16.0 Å². The molecule has 0 aliphatic heterocycles. The number of nitro groups is 1. The number of nitrogens with one attached hydrogen (secondary N) is 2. The molecule has 3 rings (SSSR count). The van der Waals surface area contributed by atoms with Crippen LogP contribution in [-0.2, 0) is 9.84 Å². The predicted molar refractivity (Wildman–Crippen MR) is 105 cm³/mol. The Morgan fingerprint density at radius 2 is 1.86 bits per heavy atom. The molecule has 2 N–H and O–H groups in total. The van der Waals surface area contributed by atoms with E-state index in [2.05, 4.69) is 15.6 Å². The van der Waals surface area contributed by atoms with Gasteiger partial charge < -0.3 is 5.32 Å². The summed E-state index contributed by atoms with van der Waals surface area (Å²) in [6.07, 6.45) is 1.11. The number of thiazole rings is 1. The van der Waals surface area contributed by atoms with Crippen LogP contribution in [0.3, 0.4) is 0 Å². The van der Waals surface area contributed by atoms with E-state index < -0.39 is 20.8 Å². The summed E-state index contributed by atoms with van der Waals surface area (Å²) in [4.78, 5) is 25.8. The maximum absolute atomic E-state index is 12.6. The second-order valence-electron chi connectivity index (χ2n) is 5.33. The van der Waals surface area contributed by atoms with Gasteiger partial charge in [0, 0.05) is 22.8 Å². The molecule has 0 atom stereocenters.